The Morgan fingerprint density at radius 3 is 2.75 bits per heavy atom. The quantitative estimate of drug-likeness (QED) is 0.801. The van der Waals surface area contributed by atoms with Crippen LogP contribution in [0.3, 0.4) is 0 Å². The normalized spacial score (nSPS) is 18.0. The summed E-state index contributed by atoms with van der Waals surface area (Å²) in [5.41, 5.74) is 3.13. The highest BCUT2D eigenvalue weighted by Crippen LogP contribution is 2.23. The molecule has 1 aliphatic heterocycles. The van der Waals surface area contributed by atoms with E-state index in [0.29, 0.717) is 6.54 Å². The van der Waals surface area contributed by atoms with Crippen LogP contribution < -0.4 is 0 Å². The minimum Gasteiger partial charge on any atom is -0.340 e. The number of likely N-dealkylation sites (tertiary alicyclic amines) is 1. The van der Waals surface area contributed by atoms with Crippen LogP contribution >= 0.6 is 11.3 Å². The highest BCUT2D eigenvalue weighted by Gasteiger charge is 2.29. The molecule has 6 heteroatoms. The summed E-state index contributed by atoms with van der Waals surface area (Å²) in [6.07, 6.45) is 1.74. The Labute approximate surface area is 146 Å². The molecule has 1 aliphatic rings. The topological polar surface area (TPSA) is 55.2 Å². The Kier molecular flexibility index (Phi) is 4.85. The van der Waals surface area contributed by atoms with E-state index < -0.39 is 0 Å². The van der Waals surface area contributed by atoms with Gasteiger partial charge < -0.3 is 4.90 Å². The number of ketones is 1. The first-order chi connectivity index (χ1) is 11.5. The van der Waals surface area contributed by atoms with Gasteiger partial charge in [-0.2, -0.15) is 5.10 Å². The van der Waals surface area contributed by atoms with Gasteiger partial charge in [-0.15, -0.1) is 11.3 Å². The predicted octanol–water partition coefficient (Wildman–Crippen LogP) is 2.99. The average molecular weight is 345 g/mol. The molecule has 0 aliphatic carbocycles. The Morgan fingerprint density at radius 2 is 2.12 bits per heavy atom. The third kappa shape index (κ3) is 3.29. The molecule has 1 amide bonds. The van der Waals surface area contributed by atoms with Crippen LogP contribution in [-0.4, -0.2) is 39.5 Å². The van der Waals surface area contributed by atoms with E-state index in [1.165, 1.54) is 11.3 Å². The summed E-state index contributed by atoms with van der Waals surface area (Å²) in [7, 11) is 0. The number of amides is 1. The second-order valence-corrected chi connectivity index (χ2v) is 7.42. The van der Waals surface area contributed by atoms with Crippen molar-refractivity contribution in [1.82, 2.24) is 14.7 Å². The van der Waals surface area contributed by atoms with Gasteiger partial charge in [0, 0.05) is 24.7 Å². The standard InChI is InChI=1S/C18H23N3O2S/c1-12-13(2)19-21(14(12)3)11-17(22)20-8-4-6-15(10-20)18(23)16-7-5-9-24-16/h5,7,9,15H,4,6,8,10-11H2,1-3H3. The number of carbonyl (C=O) groups is 2. The van der Waals surface area contributed by atoms with E-state index >= 15 is 0 Å². The second-order valence-electron chi connectivity index (χ2n) is 6.47. The van der Waals surface area contributed by atoms with Crippen molar-refractivity contribution in [2.75, 3.05) is 13.1 Å². The minimum atomic E-state index is -0.0801. The van der Waals surface area contributed by atoms with Gasteiger partial charge in [-0.1, -0.05) is 6.07 Å². The summed E-state index contributed by atoms with van der Waals surface area (Å²) in [4.78, 5) is 27.8. The number of thiophene rings is 1. The van der Waals surface area contributed by atoms with Crippen molar-refractivity contribution in [3.8, 4) is 0 Å². The predicted molar refractivity (Wildman–Crippen MR) is 94.4 cm³/mol. The lowest BCUT2D eigenvalue weighted by molar-refractivity contribution is -0.133. The molecule has 0 N–H and O–H groups in total. The molecule has 5 nitrogen and oxygen atoms in total. The second kappa shape index (κ2) is 6.89. The number of hydrogen-bond acceptors (Lipinski definition) is 4. The number of carbonyl (C=O) groups excluding carboxylic acids is 2. The fourth-order valence-corrected chi connectivity index (χ4v) is 3.95. The molecule has 0 saturated carbocycles. The van der Waals surface area contributed by atoms with Crippen LogP contribution in [0.25, 0.3) is 0 Å². The monoisotopic (exact) mass is 345 g/mol. The highest BCUT2D eigenvalue weighted by atomic mass is 32.1. The Bertz CT molecular complexity index is 749. The van der Waals surface area contributed by atoms with Crippen LogP contribution in [-0.2, 0) is 11.3 Å². The molecule has 1 saturated heterocycles. The Hall–Kier alpha value is -1.95. The molecule has 0 aromatic carbocycles. The number of Topliss-reactive ketones (excluding diaryl/α,β-unsaturated/α-hetero) is 1. The lowest BCUT2D eigenvalue weighted by Gasteiger charge is -2.32. The summed E-state index contributed by atoms with van der Waals surface area (Å²) >= 11 is 1.48. The van der Waals surface area contributed by atoms with Gasteiger partial charge in [-0.25, -0.2) is 0 Å². The van der Waals surface area contributed by atoms with Gasteiger partial charge in [-0.05, 0) is 50.6 Å². The van der Waals surface area contributed by atoms with Crippen molar-refractivity contribution in [2.45, 2.75) is 40.2 Å². The maximum Gasteiger partial charge on any atom is 0.244 e. The van der Waals surface area contributed by atoms with E-state index in [9.17, 15) is 9.59 Å². The summed E-state index contributed by atoms with van der Waals surface area (Å²) < 4.78 is 1.78. The van der Waals surface area contributed by atoms with E-state index in [-0.39, 0.29) is 24.2 Å². The van der Waals surface area contributed by atoms with E-state index in [4.69, 9.17) is 0 Å². The summed E-state index contributed by atoms with van der Waals surface area (Å²) in [6, 6.07) is 3.77. The molecule has 1 unspecified atom stereocenters. The zero-order valence-electron chi connectivity index (χ0n) is 14.4. The zero-order valence-corrected chi connectivity index (χ0v) is 15.2. The zero-order chi connectivity index (χ0) is 17.3. The van der Waals surface area contributed by atoms with Gasteiger partial charge in [0.05, 0.1) is 10.6 Å². The molecular formula is C18H23N3O2S. The van der Waals surface area contributed by atoms with Crippen molar-refractivity contribution >= 4 is 23.0 Å². The van der Waals surface area contributed by atoms with Crippen molar-refractivity contribution in [1.29, 1.82) is 0 Å². The minimum absolute atomic E-state index is 0.0456. The van der Waals surface area contributed by atoms with Crippen LogP contribution in [0.15, 0.2) is 17.5 Å². The van der Waals surface area contributed by atoms with Crippen molar-refractivity contribution < 1.29 is 9.59 Å². The maximum absolute atomic E-state index is 12.7. The highest BCUT2D eigenvalue weighted by molar-refractivity contribution is 7.12. The molecule has 24 heavy (non-hydrogen) atoms. The number of nitrogens with zero attached hydrogens (tertiary/aromatic N) is 3. The Balaban J connectivity index is 1.67. The van der Waals surface area contributed by atoms with E-state index in [1.54, 1.807) is 4.68 Å². The fraction of sp³-hybridized carbons (Fsp3) is 0.500. The first-order valence-electron chi connectivity index (χ1n) is 8.33. The average Bonchev–Trinajstić information content (AvgIpc) is 3.20. The molecule has 3 rings (SSSR count). The first-order valence-corrected chi connectivity index (χ1v) is 9.21. The summed E-state index contributed by atoms with van der Waals surface area (Å²) in [6.45, 7) is 7.47. The smallest absolute Gasteiger partial charge is 0.244 e. The number of aromatic nitrogens is 2. The SMILES string of the molecule is Cc1nn(CC(=O)N2CCCC(C(=O)c3cccs3)C2)c(C)c1C. The summed E-state index contributed by atoms with van der Waals surface area (Å²) in [5.74, 6) is 0.136. The maximum atomic E-state index is 12.7. The summed E-state index contributed by atoms with van der Waals surface area (Å²) in [5, 5.41) is 6.36. The van der Waals surface area contributed by atoms with Crippen molar-refractivity contribution in [3.05, 3.63) is 39.3 Å². The van der Waals surface area contributed by atoms with Crippen molar-refractivity contribution in [3.63, 3.8) is 0 Å². The van der Waals surface area contributed by atoms with Gasteiger partial charge in [-0.3, -0.25) is 14.3 Å². The first kappa shape index (κ1) is 16.9. The molecule has 2 aromatic rings. The molecule has 2 aromatic heterocycles. The van der Waals surface area contributed by atoms with Crippen molar-refractivity contribution in [2.24, 2.45) is 5.92 Å². The molecule has 3 heterocycles. The number of piperidine rings is 1. The molecule has 0 spiro atoms. The van der Waals surface area contributed by atoms with Crippen LogP contribution in [0, 0.1) is 26.7 Å². The van der Waals surface area contributed by atoms with Gasteiger partial charge >= 0.3 is 0 Å². The molecule has 1 atom stereocenters. The lowest BCUT2D eigenvalue weighted by atomic mass is 9.93. The van der Waals surface area contributed by atoms with E-state index in [2.05, 4.69) is 5.10 Å². The van der Waals surface area contributed by atoms with Crippen LogP contribution in [0.2, 0.25) is 0 Å². The third-order valence-electron chi connectivity index (χ3n) is 4.94. The van der Waals surface area contributed by atoms with E-state index in [1.807, 2.05) is 43.2 Å². The molecule has 1 fully saturated rings. The van der Waals surface area contributed by atoms with Crippen LogP contribution in [0.5, 0.6) is 0 Å². The largest absolute Gasteiger partial charge is 0.340 e. The van der Waals surface area contributed by atoms with E-state index in [0.717, 1.165) is 41.2 Å². The Morgan fingerprint density at radius 1 is 1.33 bits per heavy atom. The number of aryl methyl sites for hydroxylation is 1. The van der Waals surface area contributed by atoms with Gasteiger partial charge in [0.2, 0.25) is 5.91 Å². The van der Waals surface area contributed by atoms with Crippen LogP contribution in [0.4, 0.5) is 0 Å². The fourth-order valence-electron chi connectivity index (χ4n) is 3.21. The lowest BCUT2D eigenvalue weighted by Crippen LogP contribution is -2.43. The molecule has 128 valence electrons. The van der Waals surface area contributed by atoms with Gasteiger partial charge in [0.1, 0.15) is 6.54 Å². The van der Waals surface area contributed by atoms with Crippen LogP contribution in [0.1, 0.15) is 39.5 Å². The van der Waals surface area contributed by atoms with Gasteiger partial charge in [0.25, 0.3) is 0 Å². The molecule has 0 radical (unpaired) electrons. The molecular weight excluding hydrogens is 322 g/mol. The number of hydrogen-bond donors (Lipinski definition) is 0. The molecule has 0 bridgehead atoms. The number of rotatable bonds is 4. The third-order valence-corrected chi connectivity index (χ3v) is 5.82. The van der Waals surface area contributed by atoms with Gasteiger partial charge in [0.15, 0.2) is 5.78 Å².